The summed E-state index contributed by atoms with van der Waals surface area (Å²) in [4.78, 5) is 21.1. The highest BCUT2D eigenvalue weighted by molar-refractivity contribution is 6.04. The summed E-state index contributed by atoms with van der Waals surface area (Å²) < 4.78 is 0. The average molecular weight is 362 g/mol. The lowest BCUT2D eigenvalue weighted by Gasteiger charge is -2.26. The number of nitrogens with one attached hydrogen (secondary N) is 2. The van der Waals surface area contributed by atoms with Gasteiger partial charge in [-0.05, 0) is 31.5 Å². The third-order valence-corrected chi connectivity index (χ3v) is 4.65. The van der Waals surface area contributed by atoms with E-state index in [1.54, 1.807) is 12.1 Å². The van der Waals surface area contributed by atoms with Crippen LogP contribution in [0.5, 0.6) is 0 Å². The van der Waals surface area contributed by atoms with E-state index in [1.807, 2.05) is 19.9 Å². The van der Waals surface area contributed by atoms with Crippen molar-refractivity contribution in [1.29, 1.82) is 5.26 Å². The lowest BCUT2D eigenvalue weighted by molar-refractivity contribution is -0.0759. The lowest BCUT2D eigenvalue weighted by Crippen LogP contribution is -2.26. The predicted molar refractivity (Wildman–Crippen MR) is 98.7 cm³/mol. The van der Waals surface area contributed by atoms with Gasteiger partial charge in [-0.2, -0.15) is 10.4 Å². The molecule has 1 aliphatic heterocycles. The van der Waals surface area contributed by atoms with Gasteiger partial charge < -0.3 is 5.32 Å². The molecule has 3 rings (SSSR count). The van der Waals surface area contributed by atoms with Crippen LogP contribution in [0.25, 0.3) is 15.7 Å². The summed E-state index contributed by atoms with van der Waals surface area (Å²) in [7, 11) is 2.90. The molecule has 2 heterocycles. The molecule has 2 N–H and O–H groups in total. The Kier molecular flexibility index (Phi) is 4.68. The summed E-state index contributed by atoms with van der Waals surface area (Å²) in [6.07, 6.45) is 0. The van der Waals surface area contributed by atoms with E-state index in [9.17, 15) is 10.1 Å². The number of hydroxylamine groups is 2. The van der Waals surface area contributed by atoms with E-state index in [0.717, 1.165) is 16.3 Å². The number of amides is 1. The van der Waals surface area contributed by atoms with Crippen LogP contribution in [0, 0.1) is 17.9 Å². The maximum Gasteiger partial charge on any atom is 0.298 e. The van der Waals surface area contributed by atoms with Crippen LogP contribution >= 0.6 is 0 Å². The molecule has 1 atom stereocenters. The van der Waals surface area contributed by atoms with Gasteiger partial charge in [0.2, 0.25) is 0 Å². The summed E-state index contributed by atoms with van der Waals surface area (Å²) in [6.45, 7) is 11.2. The standard InChI is InChI=1S/C19H18N6O2/c1-10-14(9-20)16(17(21-3)11(2)22-10)12-6-7-15-13(8-12)18(24-23-15)19(26)25(4)27-5/h6-8,16,22H,1-2,4-5H3,(H,23,24). The number of dihydropyridines is 1. The second-order valence-electron chi connectivity index (χ2n) is 6.19. The number of nitriles is 1. The first-order valence-electron chi connectivity index (χ1n) is 8.19. The summed E-state index contributed by atoms with van der Waals surface area (Å²) in [5, 5.41) is 21.4. The fourth-order valence-corrected chi connectivity index (χ4v) is 3.21. The first-order chi connectivity index (χ1) is 12.9. The first kappa shape index (κ1) is 18.2. The van der Waals surface area contributed by atoms with Crippen molar-refractivity contribution >= 4 is 16.8 Å². The van der Waals surface area contributed by atoms with Crippen LogP contribution in [0.3, 0.4) is 0 Å². The number of hydrogen-bond acceptors (Lipinski definition) is 5. The maximum absolute atomic E-state index is 12.5. The van der Waals surface area contributed by atoms with Crippen LogP contribution in [-0.4, -0.2) is 35.3 Å². The maximum atomic E-state index is 12.5. The average Bonchev–Trinajstić information content (AvgIpc) is 3.09. The monoisotopic (exact) mass is 362 g/mol. The highest BCUT2D eigenvalue weighted by Crippen LogP contribution is 2.39. The summed E-state index contributed by atoms with van der Waals surface area (Å²) in [5.41, 5.74) is 4.03. The highest BCUT2D eigenvalue weighted by atomic mass is 16.7. The predicted octanol–water partition coefficient (Wildman–Crippen LogP) is 2.83. The fourth-order valence-electron chi connectivity index (χ4n) is 3.21. The molecule has 0 bridgehead atoms. The van der Waals surface area contributed by atoms with Crippen molar-refractivity contribution < 1.29 is 9.63 Å². The summed E-state index contributed by atoms with van der Waals surface area (Å²) in [5.74, 6) is -0.883. The third-order valence-electron chi connectivity index (χ3n) is 4.65. The molecule has 0 fully saturated rings. The molecule has 1 aromatic heterocycles. The van der Waals surface area contributed by atoms with Gasteiger partial charge in [-0.3, -0.25) is 14.7 Å². The number of carbonyl (C=O) groups is 1. The second-order valence-corrected chi connectivity index (χ2v) is 6.19. The number of hydrogen-bond donors (Lipinski definition) is 2. The normalized spacial score (nSPS) is 16.7. The van der Waals surface area contributed by atoms with Gasteiger partial charge in [0, 0.05) is 23.8 Å². The molecule has 0 spiro atoms. The van der Waals surface area contributed by atoms with Crippen molar-refractivity contribution in [3.8, 4) is 6.07 Å². The summed E-state index contributed by atoms with van der Waals surface area (Å²) >= 11 is 0. The van der Waals surface area contributed by atoms with Crippen LogP contribution in [0.15, 0.2) is 40.9 Å². The Bertz CT molecular complexity index is 1040. The lowest BCUT2D eigenvalue weighted by atomic mass is 9.84. The molecule has 27 heavy (non-hydrogen) atoms. The SMILES string of the molecule is [C-]#[N+]C1=C(C)NC(C)=C(C#N)C1c1ccc2[nH]nc(C(=O)N(C)OC)c2c1. The van der Waals surface area contributed by atoms with E-state index in [-0.39, 0.29) is 5.69 Å². The van der Waals surface area contributed by atoms with Gasteiger partial charge in [0.1, 0.15) is 0 Å². The molecule has 1 unspecified atom stereocenters. The molecular weight excluding hydrogens is 344 g/mol. The largest absolute Gasteiger partial charge is 0.372 e. The highest BCUT2D eigenvalue weighted by Gasteiger charge is 2.30. The van der Waals surface area contributed by atoms with Gasteiger partial charge in [0.05, 0.1) is 36.8 Å². The van der Waals surface area contributed by atoms with Crippen LogP contribution in [-0.2, 0) is 4.84 Å². The molecule has 8 heteroatoms. The van der Waals surface area contributed by atoms with Crippen LogP contribution in [0.4, 0.5) is 0 Å². The van der Waals surface area contributed by atoms with Crippen molar-refractivity contribution in [2.45, 2.75) is 19.8 Å². The van der Waals surface area contributed by atoms with Crippen molar-refractivity contribution in [2.75, 3.05) is 14.2 Å². The van der Waals surface area contributed by atoms with E-state index < -0.39 is 11.8 Å². The van der Waals surface area contributed by atoms with Crippen molar-refractivity contribution in [3.05, 3.63) is 63.5 Å². The number of allylic oxidation sites excluding steroid dienone is 3. The van der Waals surface area contributed by atoms with Gasteiger partial charge in [0.25, 0.3) is 5.91 Å². The van der Waals surface area contributed by atoms with E-state index in [2.05, 4.69) is 26.4 Å². The quantitative estimate of drug-likeness (QED) is 0.646. The van der Waals surface area contributed by atoms with Crippen LogP contribution in [0.1, 0.15) is 35.8 Å². The van der Waals surface area contributed by atoms with Gasteiger partial charge in [-0.15, -0.1) is 0 Å². The molecule has 0 radical (unpaired) electrons. The van der Waals surface area contributed by atoms with E-state index in [0.29, 0.717) is 27.9 Å². The minimum absolute atomic E-state index is 0.217. The Morgan fingerprint density at radius 3 is 2.78 bits per heavy atom. The van der Waals surface area contributed by atoms with Gasteiger partial charge in [0.15, 0.2) is 11.4 Å². The van der Waals surface area contributed by atoms with Gasteiger partial charge in [-0.25, -0.2) is 9.91 Å². The molecule has 1 amide bonds. The number of aromatic nitrogens is 2. The molecule has 136 valence electrons. The zero-order valence-corrected chi connectivity index (χ0v) is 15.4. The molecule has 0 aliphatic carbocycles. The summed E-state index contributed by atoms with van der Waals surface area (Å²) in [6, 6.07) is 7.65. The molecule has 0 saturated carbocycles. The number of benzene rings is 1. The van der Waals surface area contributed by atoms with Gasteiger partial charge >= 0.3 is 0 Å². The third kappa shape index (κ3) is 2.92. The molecule has 8 nitrogen and oxygen atoms in total. The smallest absolute Gasteiger partial charge is 0.298 e. The van der Waals surface area contributed by atoms with Crippen molar-refractivity contribution in [3.63, 3.8) is 0 Å². The number of carbonyl (C=O) groups excluding carboxylic acids is 1. The number of aromatic amines is 1. The number of H-pyrrole nitrogens is 1. The molecule has 1 aliphatic rings. The molecular formula is C19H18N6O2. The zero-order chi connectivity index (χ0) is 19.7. The fraction of sp³-hybridized carbons (Fsp3) is 0.263. The first-order valence-corrected chi connectivity index (χ1v) is 8.19. The van der Waals surface area contributed by atoms with E-state index >= 15 is 0 Å². The Balaban J connectivity index is 2.19. The van der Waals surface area contributed by atoms with Gasteiger partial charge in [-0.1, -0.05) is 6.07 Å². The topological polar surface area (TPSA) is 98.4 Å². The number of rotatable bonds is 3. The minimum atomic E-state index is -0.490. The number of nitrogens with zero attached hydrogens (tertiary/aromatic N) is 4. The second kappa shape index (κ2) is 6.94. The Morgan fingerprint density at radius 1 is 1.41 bits per heavy atom. The van der Waals surface area contributed by atoms with Crippen LogP contribution in [0.2, 0.25) is 0 Å². The van der Waals surface area contributed by atoms with Crippen molar-refractivity contribution in [2.24, 2.45) is 0 Å². The zero-order valence-electron chi connectivity index (χ0n) is 15.4. The molecule has 2 aromatic rings. The Labute approximate surface area is 156 Å². The van der Waals surface area contributed by atoms with Crippen molar-refractivity contribution in [1.82, 2.24) is 20.6 Å². The Morgan fingerprint density at radius 2 is 2.15 bits per heavy atom. The molecule has 1 aromatic carbocycles. The van der Waals surface area contributed by atoms with E-state index in [4.69, 9.17) is 11.4 Å². The molecule has 0 saturated heterocycles. The Hall–Kier alpha value is -3.62. The number of fused-ring (bicyclic) bond motifs is 1. The van der Waals surface area contributed by atoms with Crippen LogP contribution < -0.4 is 5.32 Å². The minimum Gasteiger partial charge on any atom is -0.372 e. The van der Waals surface area contributed by atoms with E-state index in [1.165, 1.54) is 14.2 Å².